The van der Waals surface area contributed by atoms with E-state index in [-0.39, 0.29) is 48.1 Å². The second-order valence-electron chi connectivity index (χ2n) is 21.0. The second-order valence-corrected chi connectivity index (χ2v) is 21.5. The number of hydrogen-bond acceptors (Lipinski definition) is 7. The minimum Gasteiger partial charge on any atom is -0.432 e. The number of carbonyl (C=O) groups is 3. The van der Waals surface area contributed by atoms with Crippen molar-refractivity contribution in [3.05, 3.63) is 0 Å². The second kappa shape index (κ2) is 48.4. The average molecular weight is 964 g/mol. The van der Waals surface area contributed by atoms with E-state index in [1.807, 2.05) is 0 Å². The molecule has 0 aliphatic rings. The van der Waals surface area contributed by atoms with E-state index in [1.165, 1.54) is 212 Å². The van der Waals surface area contributed by atoms with Crippen LogP contribution in [0.4, 0.5) is 0 Å². The number of thiocarbonyl (C=S) groups is 1. The standard InChI is InChI=1S/C60H114O6S/c1-5-9-12-15-18-21-24-27-30-33-36-39-42-45-48-51-55(61)59(54-58(67)66-60(64,65)8-4,56(62)52-49-46-43-40-37-34-31-28-25-22-19-16-13-10-6-2)57(63)53-50-47-44-41-38-35-32-29-26-23-20-17-14-11-7-3/h64-65H,5-54H2,1-4H3. The molecule has 0 aromatic carbocycles. The molecule has 6 nitrogen and oxygen atoms in total. The van der Waals surface area contributed by atoms with Crippen molar-refractivity contribution in [2.24, 2.45) is 5.41 Å². The molecule has 0 aromatic heterocycles. The highest BCUT2D eigenvalue weighted by molar-refractivity contribution is 7.80. The van der Waals surface area contributed by atoms with Crippen LogP contribution in [0.1, 0.15) is 349 Å². The maximum Gasteiger partial charge on any atom is 0.321 e. The molecule has 0 bridgehead atoms. The van der Waals surface area contributed by atoms with Gasteiger partial charge in [-0.3, -0.25) is 14.4 Å². The Morgan fingerprint density at radius 3 is 0.687 bits per heavy atom. The van der Waals surface area contributed by atoms with Crippen LogP contribution in [-0.4, -0.2) is 38.6 Å². The molecule has 0 amide bonds. The molecule has 0 aliphatic carbocycles. The van der Waals surface area contributed by atoms with Crippen molar-refractivity contribution >= 4 is 34.6 Å². The Kier molecular flexibility index (Phi) is 47.6. The molecule has 0 aromatic rings. The Morgan fingerprint density at radius 1 is 0.328 bits per heavy atom. The lowest BCUT2D eigenvalue weighted by Gasteiger charge is -2.31. The first-order chi connectivity index (χ1) is 32.6. The van der Waals surface area contributed by atoms with E-state index in [9.17, 15) is 24.6 Å². The molecule has 0 rings (SSSR count). The lowest BCUT2D eigenvalue weighted by molar-refractivity contribution is -0.300. The number of rotatable bonds is 55. The van der Waals surface area contributed by atoms with E-state index >= 15 is 0 Å². The number of Topliss-reactive ketones (excluding diaryl/α,β-unsaturated/α-hetero) is 3. The van der Waals surface area contributed by atoms with Gasteiger partial charge in [-0.2, -0.15) is 0 Å². The summed E-state index contributed by atoms with van der Waals surface area (Å²) >= 11 is 5.52. The summed E-state index contributed by atoms with van der Waals surface area (Å²) in [4.78, 5) is 43.5. The summed E-state index contributed by atoms with van der Waals surface area (Å²) in [6.07, 6.45) is 54.7. The normalized spacial score (nSPS) is 12.0. The first kappa shape index (κ1) is 65.8. The summed E-state index contributed by atoms with van der Waals surface area (Å²) in [7, 11) is 0. The molecule has 0 aliphatic heterocycles. The molecule has 67 heavy (non-hydrogen) atoms. The summed E-state index contributed by atoms with van der Waals surface area (Å²) in [5, 5.41) is 20.4. The zero-order valence-electron chi connectivity index (χ0n) is 45.3. The van der Waals surface area contributed by atoms with Gasteiger partial charge in [-0.05, 0) is 31.5 Å². The molecular formula is C60H114O6S. The van der Waals surface area contributed by atoms with Crippen LogP contribution in [0.15, 0.2) is 0 Å². The van der Waals surface area contributed by atoms with Crippen LogP contribution >= 0.6 is 12.2 Å². The molecular weight excluding hydrogens is 849 g/mol. The first-order valence-electron chi connectivity index (χ1n) is 29.9. The minimum atomic E-state index is -2.52. The van der Waals surface area contributed by atoms with Gasteiger partial charge in [0.1, 0.15) is 0 Å². The fourth-order valence-corrected chi connectivity index (χ4v) is 10.2. The third kappa shape index (κ3) is 39.2. The quantitative estimate of drug-likeness (QED) is 0.0271. The van der Waals surface area contributed by atoms with Crippen molar-refractivity contribution in [3.63, 3.8) is 0 Å². The zero-order valence-corrected chi connectivity index (χ0v) is 46.1. The van der Waals surface area contributed by atoms with Gasteiger partial charge in [-0.1, -0.05) is 297 Å². The van der Waals surface area contributed by atoms with Crippen LogP contribution in [0.3, 0.4) is 0 Å². The SMILES string of the molecule is CCCCCCCCCCCCCCCCCC(=O)C(CC(=S)OC(O)(O)CC)(C(=O)CCCCCCCCCCCCCCCCC)C(=O)CCCCCCCCCCCCCCCCC. The Hall–Kier alpha value is -1.18. The third-order valence-electron chi connectivity index (χ3n) is 14.6. The van der Waals surface area contributed by atoms with Gasteiger partial charge in [0.25, 0.3) is 0 Å². The largest absolute Gasteiger partial charge is 0.432 e. The lowest BCUT2D eigenvalue weighted by Crippen LogP contribution is -2.49. The first-order valence-corrected chi connectivity index (χ1v) is 30.3. The van der Waals surface area contributed by atoms with Crippen molar-refractivity contribution in [2.75, 3.05) is 0 Å². The fraction of sp³-hybridized carbons (Fsp3) is 0.933. The Bertz CT molecular complexity index is 1020. The van der Waals surface area contributed by atoms with E-state index in [2.05, 4.69) is 20.8 Å². The van der Waals surface area contributed by atoms with Gasteiger partial charge < -0.3 is 14.9 Å². The Labute approximate surface area is 422 Å². The fourth-order valence-electron chi connectivity index (χ4n) is 9.88. The molecule has 0 radical (unpaired) electrons. The van der Waals surface area contributed by atoms with Gasteiger partial charge >= 0.3 is 5.97 Å². The highest BCUT2D eigenvalue weighted by Gasteiger charge is 2.51. The van der Waals surface area contributed by atoms with E-state index in [1.54, 1.807) is 6.92 Å². The highest BCUT2D eigenvalue weighted by atomic mass is 32.1. The summed E-state index contributed by atoms with van der Waals surface area (Å²) < 4.78 is 5.37. The third-order valence-corrected chi connectivity index (χ3v) is 14.8. The smallest absolute Gasteiger partial charge is 0.321 e. The molecule has 0 saturated carbocycles. The van der Waals surface area contributed by atoms with Crippen molar-refractivity contribution in [2.45, 2.75) is 355 Å². The van der Waals surface area contributed by atoms with Crippen LogP contribution < -0.4 is 0 Å². The van der Waals surface area contributed by atoms with E-state index in [0.29, 0.717) is 19.3 Å². The topological polar surface area (TPSA) is 101 Å². The van der Waals surface area contributed by atoms with Gasteiger partial charge in [0.05, 0.1) is 0 Å². The summed E-state index contributed by atoms with van der Waals surface area (Å²) in [6, 6.07) is 0. The van der Waals surface area contributed by atoms with Crippen molar-refractivity contribution in [1.82, 2.24) is 0 Å². The van der Waals surface area contributed by atoms with Gasteiger partial charge in [-0.25, -0.2) is 0 Å². The van der Waals surface area contributed by atoms with E-state index in [4.69, 9.17) is 17.0 Å². The number of carbonyl (C=O) groups excluding carboxylic acids is 3. The van der Waals surface area contributed by atoms with Gasteiger partial charge in [0, 0.05) is 32.1 Å². The molecule has 0 unspecified atom stereocenters. The maximum absolute atomic E-state index is 14.5. The molecule has 396 valence electrons. The summed E-state index contributed by atoms with van der Waals surface area (Å²) in [5.74, 6) is -3.59. The van der Waals surface area contributed by atoms with Crippen LogP contribution in [0.25, 0.3) is 0 Å². The minimum absolute atomic E-state index is 0.145. The zero-order chi connectivity index (χ0) is 49.4. The van der Waals surface area contributed by atoms with Gasteiger partial charge in [0.15, 0.2) is 27.8 Å². The van der Waals surface area contributed by atoms with E-state index in [0.717, 1.165) is 57.8 Å². The van der Waals surface area contributed by atoms with Crippen molar-refractivity contribution in [3.8, 4) is 0 Å². The lowest BCUT2D eigenvalue weighted by atomic mass is 9.69. The van der Waals surface area contributed by atoms with Crippen LogP contribution in [-0.2, 0) is 19.1 Å². The molecule has 0 atom stereocenters. The highest BCUT2D eigenvalue weighted by Crippen LogP contribution is 2.35. The molecule has 0 heterocycles. The predicted octanol–water partition coefficient (Wildman–Crippen LogP) is 19.2. The molecule has 2 N–H and O–H groups in total. The monoisotopic (exact) mass is 963 g/mol. The van der Waals surface area contributed by atoms with Crippen LogP contribution in [0, 0.1) is 5.41 Å². The number of ether oxygens (including phenoxy) is 1. The number of hydrogen-bond donors (Lipinski definition) is 2. The molecule has 0 fully saturated rings. The maximum atomic E-state index is 14.5. The molecule has 7 heteroatoms. The predicted molar refractivity (Wildman–Crippen MR) is 292 cm³/mol. The van der Waals surface area contributed by atoms with Gasteiger partial charge in [-0.15, -0.1) is 0 Å². The van der Waals surface area contributed by atoms with E-state index < -0.39 is 17.8 Å². The molecule has 0 spiro atoms. The van der Waals surface area contributed by atoms with Crippen LogP contribution in [0.5, 0.6) is 0 Å². The summed E-state index contributed by atoms with van der Waals surface area (Å²) in [6.45, 7) is 8.36. The Balaban J connectivity index is 5.31. The van der Waals surface area contributed by atoms with Gasteiger partial charge in [0.2, 0.25) is 0 Å². The average Bonchev–Trinajstić information content (AvgIpc) is 3.31. The Morgan fingerprint density at radius 2 is 0.507 bits per heavy atom. The number of ketones is 3. The van der Waals surface area contributed by atoms with Crippen molar-refractivity contribution in [1.29, 1.82) is 0 Å². The number of unbranched alkanes of at least 4 members (excludes halogenated alkanes) is 42. The van der Waals surface area contributed by atoms with Crippen molar-refractivity contribution < 1.29 is 29.3 Å². The van der Waals surface area contributed by atoms with Crippen LogP contribution in [0.2, 0.25) is 0 Å². The summed E-state index contributed by atoms with van der Waals surface area (Å²) in [5.41, 5.74) is -1.93. The number of aliphatic hydroxyl groups is 2. The molecule has 0 saturated heterocycles.